The summed E-state index contributed by atoms with van der Waals surface area (Å²) < 4.78 is 5.24. The number of esters is 1. The molecule has 1 N–H and O–H groups in total. The Balaban J connectivity index is 1.64. The van der Waals surface area contributed by atoms with Crippen LogP contribution in [0.15, 0.2) is 36.4 Å². The number of allylic oxidation sites excluding steroid dienone is 2. The van der Waals surface area contributed by atoms with Crippen LogP contribution < -0.4 is 0 Å². The van der Waals surface area contributed by atoms with E-state index in [0.717, 1.165) is 0 Å². The van der Waals surface area contributed by atoms with Crippen molar-refractivity contribution >= 4 is 17.6 Å². The van der Waals surface area contributed by atoms with Crippen molar-refractivity contribution in [3.63, 3.8) is 0 Å². The number of fused-ring (bicyclic) bond motifs is 2. The van der Waals surface area contributed by atoms with Crippen LogP contribution >= 0.6 is 0 Å². The smallest absolute Gasteiger partial charge is 0.310 e. The summed E-state index contributed by atoms with van der Waals surface area (Å²) in [4.78, 5) is 33.7. The monoisotopic (exact) mass is 317 g/mol. The molecule has 0 aliphatic heterocycles. The first kappa shape index (κ1) is 15.2. The molecule has 4 unspecified atom stereocenters. The first-order valence-corrected chi connectivity index (χ1v) is 7.28. The summed E-state index contributed by atoms with van der Waals surface area (Å²) in [5.41, 5.74) is 0.582. The fourth-order valence-corrected chi connectivity index (χ4v) is 3.44. The zero-order valence-corrected chi connectivity index (χ0v) is 12.1. The van der Waals surface area contributed by atoms with E-state index in [4.69, 9.17) is 4.74 Å². The average molecular weight is 317 g/mol. The van der Waals surface area contributed by atoms with Gasteiger partial charge in [-0.1, -0.05) is 12.2 Å². The Morgan fingerprint density at radius 1 is 1.17 bits per heavy atom. The molecule has 2 aliphatic carbocycles. The van der Waals surface area contributed by atoms with Gasteiger partial charge in [0.05, 0.1) is 16.8 Å². The van der Waals surface area contributed by atoms with Crippen LogP contribution in [0.1, 0.15) is 12.0 Å². The number of carbonyl (C=O) groups excluding carboxylic acids is 1. The van der Waals surface area contributed by atoms with Crippen molar-refractivity contribution in [1.82, 2.24) is 0 Å². The minimum Gasteiger partial charge on any atom is -0.481 e. The predicted molar refractivity (Wildman–Crippen MR) is 78.2 cm³/mol. The number of hydrogen-bond acceptors (Lipinski definition) is 5. The second-order valence-corrected chi connectivity index (χ2v) is 5.87. The SMILES string of the molecule is O=C(O)C1C2C=CC(C2)C1C(=O)OCc1ccc([N+](=O)[O-])cc1. The molecule has 3 rings (SSSR count). The molecule has 0 saturated heterocycles. The van der Waals surface area contributed by atoms with Crippen LogP contribution in [-0.2, 0) is 20.9 Å². The van der Waals surface area contributed by atoms with E-state index in [1.165, 1.54) is 24.3 Å². The van der Waals surface area contributed by atoms with Gasteiger partial charge in [0.15, 0.2) is 0 Å². The van der Waals surface area contributed by atoms with Crippen LogP contribution in [0.3, 0.4) is 0 Å². The van der Waals surface area contributed by atoms with Gasteiger partial charge in [0.2, 0.25) is 0 Å². The number of carboxylic acid groups (broad SMARTS) is 1. The topological polar surface area (TPSA) is 107 Å². The Hall–Kier alpha value is -2.70. The quantitative estimate of drug-likeness (QED) is 0.386. The summed E-state index contributed by atoms with van der Waals surface area (Å²) in [6.45, 7) is -0.0270. The molecule has 0 heterocycles. The Morgan fingerprint density at radius 2 is 1.78 bits per heavy atom. The van der Waals surface area contributed by atoms with E-state index in [0.29, 0.717) is 12.0 Å². The Kier molecular flexibility index (Phi) is 3.85. The molecule has 2 aliphatic rings. The Bertz CT molecular complexity index is 680. The van der Waals surface area contributed by atoms with Crippen molar-refractivity contribution in [3.8, 4) is 0 Å². The molecule has 2 bridgehead atoms. The highest BCUT2D eigenvalue weighted by atomic mass is 16.6. The number of hydrogen-bond donors (Lipinski definition) is 1. The molecule has 7 nitrogen and oxygen atoms in total. The maximum absolute atomic E-state index is 12.3. The zero-order valence-electron chi connectivity index (χ0n) is 12.1. The molecule has 0 radical (unpaired) electrons. The van der Waals surface area contributed by atoms with Crippen molar-refractivity contribution in [1.29, 1.82) is 0 Å². The lowest BCUT2D eigenvalue weighted by molar-refractivity contribution is -0.384. The number of nitro benzene ring substituents is 1. The lowest BCUT2D eigenvalue weighted by Crippen LogP contribution is -2.34. The maximum atomic E-state index is 12.3. The van der Waals surface area contributed by atoms with Crippen LogP contribution in [0, 0.1) is 33.8 Å². The highest BCUT2D eigenvalue weighted by Gasteiger charge is 2.52. The van der Waals surface area contributed by atoms with Crippen LogP contribution in [0.25, 0.3) is 0 Å². The minimum atomic E-state index is -0.973. The summed E-state index contributed by atoms with van der Waals surface area (Å²) >= 11 is 0. The third kappa shape index (κ3) is 2.81. The van der Waals surface area contributed by atoms with Gasteiger partial charge in [-0.25, -0.2) is 0 Å². The maximum Gasteiger partial charge on any atom is 0.310 e. The van der Waals surface area contributed by atoms with Gasteiger partial charge < -0.3 is 9.84 Å². The lowest BCUT2D eigenvalue weighted by atomic mass is 9.83. The number of nitro groups is 1. The molecular formula is C16H15NO6. The first-order chi connectivity index (χ1) is 11.0. The van der Waals surface area contributed by atoms with Gasteiger partial charge in [0.1, 0.15) is 6.61 Å². The van der Waals surface area contributed by atoms with Gasteiger partial charge >= 0.3 is 11.9 Å². The van der Waals surface area contributed by atoms with Crippen molar-refractivity contribution in [3.05, 3.63) is 52.1 Å². The predicted octanol–water partition coefficient (Wildman–Crippen LogP) is 2.16. The molecule has 1 aromatic rings. The van der Waals surface area contributed by atoms with Gasteiger partial charge in [0.25, 0.3) is 5.69 Å². The van der Waals surface area contributed by atoms with Gasteiger partial charge in [0, 0.05) is 12.1 Å². The molecule has 1 aromatic carbocycles. The van der Waals surface area contributed by atoms with Crippen molar-refractivity contribution in [2.24, 2.45) is 23.7 Å². The molecule has 4 atom stereocenters. The van der Waals surface area contributed by atoms with Crippen molar-refractivity contribution in [2.45, 2.75) is 13.0 Å². The molecule has 23 heavy (non-hydrogen) atoms. The number of rotatable bonds is 5. The summed E-state index contributed by atoms with van der Waals surface area (Å²) in [6.07, 6.45) is 4.43. The third-order valence-corrected chi connectivity index (χ3v) is 4.54. The van der Waals surface area contributed by atoms with E-state index in [1.54, 1.807) is 0 Å². The average Bonchev–Trinajstić information content (AvgIpc) is 3.13. The lowest BCUT2D eigenvalue weighted by Gasteiger charge is -2.23. The fourth-order valence-electron chi connectivity index (χ4n) is 3.44. The number of carboxylic acids is 1. The van der Waals surface area contributed by atoms with E-state index in [9.17, 15) is 24.8 Å². The highest BCUT2D eigenvalue weighted by molar-refractivity contribution is 5.83. The van der Waals surface area contributed by atoms with Gasteiger partial charge in [-0.2, -0.15) is 0 Å². The van der Waals surface area contributed by atoms with E-state index < -0.39 is 28.7 Å². The number of ether oxygens (including phenoxy) is 1. The Labute approximate surface area is 131 Å². The molecule has 7 heteroatoms. The van der Waals surface area contributed by atoms with E-state index in [-0.39, 0.29) is 24.1 Å². The molecule has 0 amide bonds. The molecule has 120 valence electrons. The molecule has 0 aromatic heterocycles. The van der Waals surface area contributed by atoms with Crippen LogP contribution in [0.5, 0.6) is 0 Å². The standard InChI is InChI=1S/C16H15NO6/c18-15(19)13-10-3-4-11(7-10)14(13)16(20)23-8-9-1-5-12(6-2-9)17(21)22/h1-6,10-11,13-14H,7-8H2,(H,18,19). The minimum absolute atomic E-state index is 0.0270. The summed E-state index contributed by atoms with van der Waals surface area (Å²) in [6, 6.07) is 5.70. The van der Waals surface area contributed by atoms with Gasteiger partial charge in [-0.3, -0.25) is 19.7 Å². The Morgan fingerprint density at radius 3 is 2.35 bits per heavy atom. The fraction of sp³-hybridized carbons (Fsp3) is 0.375. The van der Waals surface area contributed by atoms with Crippen LogP contribution in [-0.4, -0.2) is 22.0 Å². The number of non-ortho nitro benzene ring substituents is 1. The largest absolute Gasteiger partial charge is 0.481 e. The van der Waals surface area contributed by atoms with Crippen LogP contribution in [0.2, 0.25) is 0 Å². The van der Waals surface area contributed by atoms with Crippen molar-refractivity contribution < 1.29 is 24.4 Å². The number of benzene rings is 1. The molecule has 1 saturated carbocycles. The number of nitrogens with zero attached hydrogens (tertiary/aromatic N) is 1. The van der Waals surface area contributed by atoms with E-state index >= 15 is 0 Å². The van der Waals surface area contributed by atoms with E-state index in [1.807, 2.05) is 12.2 Å². The number of aliphatic carboxylic acids is 1. The molecular weight excluding hydrogens is 302 g/mol. The third-order valence-electron chi connectivity index (χ3n) is 4.54. The molecule has 1 fully saturated rings. The highest BCUT2D eigenvalue weighted by Crippen LogP contribution is 2.48. The normalized spacial score (nSPS) is 27.8. The second-order valence-electron chi connectivity index (χ2n) is 5.87. The van der Waals surface area contributed by atoms with Gasteiger partial charge in [-0.05, 0) is 36.0 Å². The van der Waals surface area contributed by atoms with Crippen molar-refractivity contribution in [2.75, 3.05) is 0 Å². The van der Waals surface area contributed by atoms with Crippen LogP contribution in [0.4, 0.5) is 5.69 Å². The second kappa shape index (κ2) is 5.83. The number of carbonyl (C=O) groups is 2. The zero-order chi connectivity index (χ0) is 16.6. The van der Waals surface area contributed by atoms with Gasteiger partial charge in [-0.15, -0.1) is 0 Å². The summed E-state index contributed by atoms with van der Waals surface area (Å²) in [7, 11) is 0. The molecule has 0 spiro atoms. The first-order valence-electron chi connectivity index (χ1n) is 7.28. The van der Waals surface area contributed by atoms with E-state index in [2.05, 4.69) is 0 Å². The summed E-state index contributed by atoms with van der Waals surface area (Å²) in [5.74, 6) is -3.05. The summed E-state index contributed by atoms with van der Waals surface area (Å²) in [5, 5.41) is 19.9.